The van der Waals surface area contributed by atoms with E-state index in [9.17, 15) is 0 Å². The lowest BCUT2D eigenvalue weighted by Crippen LogP contribution is -2.37. The van der Waals surface area contributed by atoms with Gasteiger partial charge in [-0.25, -0.2) is 0 Å². The average molecular weight is 283 g/mol. The summed E-state index contributed by atoms with van der Waals surface area (Å²) >= 11 is 0. The second-order valence-corrected chi connectivity index (χ2v) is 5.24. The third kappa shape index (κ3) is 2.31. The molecule has 2 aromatic rings. The summed E-state index contributed by atoms with van der Waals surface area (Å²) in [6, 6.07) is 8.46. The van der Waals surface area contributed by atoms with E-state index in [0.29, 0.717) is 5.95 Å². The van der Waals surface area contributed by atoms with Crippen LogP contribution in [-0.4, -0.2) is 48.0 Å². The predicted molar refractivity (Wildman–Crippen MR) is 80.0 cm³/mol. The first-order chi connectivity index (χ1) is 10.4. The Bertz CT molecular complexity index is 641. The molecule has 6 nitrogen and oxygen atoms in total. The predicted octanol–water partition coefficient (Wildman–Crippen LogP) is 1.40. The van der Waals surface area contributed by atoms with Gasteiger partial charge in [-0.05, 0) is 18.1 Å². The lowest BCUT2D eigenvalue weighted by Gasteiger charge is -2.27. The number of para-hydroxylation sites is 1. The van der Waals surface area contributed by atoms with Gasteiger partial charge in [0, 0.05) is 25.3 Å². The number of fused-ring (bicyclic) bond motifs is 1. The lowest BCUT2D eigenvalue weighted by molar-refractivity contribution is 0.122. The summed E-state index contributed by atoms with van der Waals surface area (Å²) in [6.07, 6.45) is 2.79. The van der Waals surface area contributed by atoms with Gasteiger partial charge in [0.1, 0.15) is 0 Å². The van der Waals surface area contributed by atoms with Crippen LogP contribution in [0.3, 0.4) is 0 Å². The van der Waals surface area contributed by atoms with Crippen molar-refractivity contribution < 1.29 is 4.74 Å². The molecule has 4 rings (SSSR count). The largest absolute Gasteiger partial charge is 0.378 e. The minimum absolute atomic E-state index is 0.695. The van der Waals surface area contributed by atoms with Gasteiger partial charge in [0.05, 0.1) is 19.4 Å². The summed E-state index contributed by atoms with van der Waals surface area (Å²) in [5.74, 6) is 1.57. The molecule has 0 bridgehead atoms. The molecule has 108 valence electrons. The van der Waals surface area contributed by atoms with Gasteiger partial charge in [-0.1, -0.05) is 18.2 Å². The fourth-order valence-corrected chi connectivity index (χ4v) is 2.89. The molecule has 2 aliphatic rings. The van der Waals surface area contributed by atoms with E-state index in [0.717, 1.165) is 45.1 Å². The van der Waals surface area contributed by atoms with Gasteiger partial charge in [-0.2, -0.15) is 10.1 Å². The Labute approximate surface area is 123 Å². The molecule has 0 aliphatic carbocycles. The van der Waals surface area contributed by atoms with E-state index in [1.807, 2.05) is 0 Å². The first-order valence-electron chi connectivity index (χ1n) is 7.30. The van der Waals surface area contributed by atoms with Crippen molar-refractivity contribution in [3.8, 4) is 0 Å². The zero-order chi connectivity index (χ0) is 14.1. The van der Waals surface area contributed by atoms with Gasteiger partial charge >= 0.3 is 0 Å². The normalized spacial score (nSPS) is 17.9. The van der Waals surface area contributed by atoms with Crippen molar-refractivity contribution in [3.63, 3.8) is 0 Å². The Morgan fingerprint density at radius 3 is 2.81 bits per heavy atom. The van der Waals surface area contributed by atoms with Crippen LogP contribution in [0.5, 0.6) is 0 Å². The van der Waals surface area contributed by atoms with Gasteiger partial charge in [0.25, 0.3) is 0 Å². The van der Waals surface area contributed by atoms with Gasteiger partial charge in [0.2, 0.25) is 5.95 Å². The minimum atomic E-state index is 0.695. The molecule has 1 saturated heterocycles. The Morgan fingerprint density at radius 1 is 1.05 bits per heavy atom. The number of hydrogen-bond donors (Lipinski definition) is 0. The highest BCUT2D eigenvalue weighted by Crippen LogP contribution is 2.33. The van der Waals surface area contributed by atoms with Gasteiger partial charge in [0.15, 0.2) is 5.82 Å². The second-order valence-electron chi connectivity index (χ2n) is 5.24. The zero-order valence-corrected chi connectivity index (χ0v) is 11.8. The van der Waals surface area contributed by atoms with Crippen LogP contribution in [-0.2, 0) is 11.2 Å². The third-order valence-corrected chi connectivity index (χ3v) is 3.99. The number of aromatic nitrogens is 3. The molecule has 3 heterocycles. The van der Waals surface area contributed by atoms with Crippen LogP contribution in [0.4, 0.5) is 17.5 Å². The quantitative estimate of drug-likeness (QED) is 0.830. The molecule has 1 aromatic heterocycles. The van der Waals surface area contributed by atoms with Crippen molar-refractivity contribution in [2.45, 2.75) is 6.42 Å². The SMILES string of the molecule is c1ccc2c(c1)CCN2c1cnnc(N2CCOCC2)n1. The van der Waals surface area contributed by atoms with Gasteiger partial charge in [-0.15, -0.1) is 5.10 Å². The van der Waals surface area contributed by atoms with E-state index in [4.69, 9.17) is 9.72 Å². The monoisotopic (exact) mass is 283 g/mol. The van der Waals surface area contributed by atoms with Gasteiger partial charge in [-0.3, -0.25) is 0 Å². The van der Waals surface area contributed by atoms with Crippen molar-refractivity contribution in [2.75, 3.05) is 42.6 Å². The Kier molecular flexibility index (Phi) is 3.16. The molecule has 1 fully saturated rings. The smallest absolute Gasteiger partial charge is 0.247 e. The molecule has 0 unspecified atom stereocenters. The highest BCUT2D eigenvalue weighted by atomic mass is 16.5. The van der Waals surface area contributed by atoms with Crippen LogP contribution in [0.15, 0.2) is 30.5 Å². The van der Waals surface area contributed by atoms with E-state index in [-0.39, 0.29) is 0 Å². The maximum absolute atomic E-state index is 5.37. The maximum atomic E-state index is 5.37. The summed E-state index contributed by atoms with van der Waals surface area (Å²) in [5, 5.41) is 8.31. The topological polar surface area (TPSA) is 54.4 Å². The van der Waals surface area contributed by atoms with E-state index < -0.39 is 0 Å². The third-order valence-electron chi connectivity index (χ3n) is 3.99. The van der Waals surface area contributed by atoms with Crippen molar-refractivity contribution in [3.05, 3.63) is 36.0 Å². The van der Waals surface area contributed by atoms with E-state index >= 15 is 0 Å². The van der Waals surface area contributed by atoms with Crippen LogP contribution in [0.2, 0.25) is 0 Å². The molecule has 0 N–H and O–H groups in total. The summed E-state index contributed by atoms with van der Waals surface area (Å²) in [7, 11) is 0. The van der Waals surface area contributed by atoms with Crippen molar-refractivity contribution >= 4 is 17.5 Å². The molecule has 0 saturated carbocycles. The lowest BCUT2D eigenvalue weighted by atomic mass is 10.2. The number of nitrogens with zero attached hydrogens (tertiary/aromatic N) is 5. The fourth-order valence-electron chi connectivity index (χ4n) is 2.89. The average Bonchev–Trinajstić information content (AvgIpc) is 3.00. The van der Waals surface area contributed by atoms with Crippen LogP contribution in [0, 0.1) is 0 Å². The van der Waals surface area contributed by atoms with Crippen LogP contribution in [0.25, 0.3) is 0 Å². The molecule has 2 aliphatic heterocycles. The summed E-state index contributed by atoms with van der Waals surface area (Å²) < 4.78 is 5.37. The highest BCUT2D eigenvalue weighted by molar-refractivity contribution is 5.67. The number of hydrogen-bond acceptors (Lipinski definition) is 6. The molecular formula is C15H17N5O. The Balaban J connectivity index is 1.64. The van der Waals surface area contributed by atoms with E-state index in [1.165, 1.54) is 11.3 Å². The fraction of sp³-hybridized carbons (Fsp3) is 0.400. The molecular weight excluding hydrogens is 266 g/mol. The standard InChI is InChI=1S/C15H17N5O/c1-2-4-13-12(3-1)5-6-20(13)14-11-16-18-15(17-14)19-7-9-21-10-8-19/h1-4,11H,5-10H2. The molecule has 0 spiro atoms. The van der Waals surface area contributed by atoms with E-state index in [1.54, 1.807) is 6.20 Å². The number of benzene rings is 1. The molecule has 1 aromatic carbocycles. The second kappa shape index (κ2) is 5.29. The molecule has 21 heavy (non-hydrogen) atoms. The molecule has 0 amide bonds. The summed E-state index contributed by atoms with van der Waals surface area (Å²) in [6.45, 7) is 4.03. The molecule has 0 atom stereocenters. The Morgan fingerprint density at radius 2 is 1.90 bits per heavy atom. The first kappa shape index (κ1) is 12.5. The van der Waals surface area contributed by atoms with Crippen LogP contribution >= 0.6 is 0 Å². The summed E-state index contributed by atoms with van der Waals surface area (Å²) in [4.78, 5) is 9.04. The number of ether oxygens (including phenoxy) is 1. The Hall–Kier alpha value is -2.21. The zero-order valence-electron chi connectivity index (χ0n) is 11.8. The van der Waals surface area contributed by atoms with Crippen LogP contribution < -0.4 is 9.80 Å². The summed E-state index contributed by atoms with van der Waals surface area (Å²) in [5.41, 5.74) is 2.59. The number of anilines is 3. The molecule has 0 radical (unpaired) electrons. The van der Waals surface area contributed by atoms with Gasteiger partial charge < -0.3 is 14.5 Å². The van der Waals surface area contributed by atoms with E-state index in [2.05, 4.69) is 44.3 Å². The maximum Gasteiger partial charge on any atom is 0.247 e. The molecule has 6 heteroatoms. The van der Waals surface area contributed by atoms with Crippen molar-refractivity contribution in [2.24, 2.45) is 0 Å². The first-order valence-corrected chi connectivity index (χ1v) is 7.30. The highest BCUT2D eigenvalue weighted by Gasteiger charge is 2.22. The van der Waals surface area contributed by atoms with Crippen LogP contribution in [0.1, 0.15) is 5.56 Å². The van der Waals surface area contributed by atoms with Crippen molar-refractivity contribution in [1.29, 1.82) is 0 Å². The minimum Gasteiger partial charge on any atom is -0.378 e. The van der Waals surface area contributed by atoms with Crippen molar-refractivity contribution in [1.82, 2.24) is 15.2 Å². The number of rotatable bonds is 2. The number of morpholine rings is 1.